The molecular weight excluding hydrogens is 232 g/mol. The molecule has 1 aromatic carbocycles. The van der Waals surface area contributed by atoms with E-state index in [9.17, 15) is 4.79 Å². The third kappa shape index (κ3) is 4.49. The highest BCUT2D eigenvalue weighted by Crippen LogP contribution is 2.15. The van der Waals surface area contributed by atoms with Gasteiger partial charge in [-0.3, -0.25) is 0 Å². The Morgan fingerprint density at radius 3 is 2.50 bits per heavy atom. The molecule has 0 bridgehead atoms. The molecule has 0 spiro atoms. The summed E-state index contributed by atoms with van der Waals surface area (Å²) in [6.07, 6.45) is 3.59. The van der Waals surface area contributed by atoms with Crippen molar-refractivity contribution in [1.82, 2.24) is 0 Å². The molecule has 1 rings (SSSR count). The van der Waals surface area contributed by atoms with Crippen LogP contribution >= 0.6 is 0 Å². The van der Waals surface area contributed by atoms with Gasteiger partial charge in [-0.1, -0.05) is 25.5 Å². The number of hydrogen-bond donors (Lipinski definition) is 1. The van der Waals surface area contributed by atoms with Gasteiger partial charge < -0.3 is 14.6 Å². The van der Waals surface area contributed by atoms with Crippen LogP contribution in [0.25, 0.3) is 6.08 Å². The Kier molecular flexibility index (Phi) is 5.77. The summed E-state index contributed by atoms with van der Waals surface area (Å²) in [5, 5.41) is 8.81. The summed E-state index contributed by atoms with van der Waals surface area (Å²) in [6.45, 7) is 2.81. The Hall–Kier alpha value is -1.97. The van der Waals surface area contributed by atoms with Crippen molar-refractivity contribution in [3.05, 3.63) is 35.6 Å². The van der Waals surface area contributed by atoms with Gasteiger partial charge in [-0.2, -0.15) is 0 Å². The fourth-order valence-corrected chi connectivity index (χ4v) is 1.35. The molecule has 0 saturated heterocycles. The van der Waals surface area contributed by atoms with Gasteiger partial charge in [0.15, 0.2) is 0 Å². The fraction of sp³-hybridized carbons (Fsp3) is 0.357. The van der Waals surface area contributed by atoms with Gasteiger partial charge in [0, 0.05) is 0 Å². The van der Waals surface area contributed by atoms with Crippen LogP contribution in [0.1, 0.15) is 25.3 Å². The molecule has 1 N–H and O–H groups in total. The van der Waals surface area contributed by atoms with Crippen LogP contribution in [0.5, 0.6) is 5.75 Å². The first-order valence-corrected chi connectivity index (χ1v) is 5.89. The number of carbonyl (C=O) groups is 1. The minimum Gasteiger partial charge on any atom is -0.494 e. The van der Waals surface area contributed by atoms with Crippen LogP contribution in [0.2, 0.25) is 0 Å². The predicted molar refractivity (Wildman–Crippen MR) is 69.5 cm³/mol. The lowest BCUT2D eigenvalue weighted by molar-refractivity contribution is -0.135. The second kappa shape index (κ2) is 7.37. The first-order chi connectivity index (χ1) is 8.67. The smallest absolute Gasteiger partial charge is 0.371 e. The minimum absolute atomic E-state index is 0.0883. The maximum absolute atomic E-state index is 10.8. The highest BCUT2D eigenvalue weighted by Gasteiger charge is 2.06. The van der Waals surface area contributed by atoms with Crippen LogP contribution in [0.15, 0.2) is 30.0 Å². The Bertz CT molecular complexity index is 406. The molecule has 0 fully saturated rings. The predicted octanol–water partition coefficient (Wildman–Crippen LogP) is 2.94. The van der Waals surface area contributed by atoms with E-state index in [1.54, 1.807) is 12.1 Å². The molecule has 0 amide bonds. The highest BCUT2D eigenvalue weighted by atomic mass is 16.5. The van der Waals surface area contributed by atoms with Crippen LogP contribution in [-0.4, -0.2) is 24.8 Å². The third-order valence-electron chi connectivity index (χ3n) is 2.38. The van der Waals surface area contributed by atoms with Gasteiger partial charge in [-0.25, -0.2) is 4.79 Å². The number of rotatable bonds is 7. The van der Waals surface area contributed by atoms with E-state index in [1.807, 2.05) is 12.1 Å². The van der Waals surface area contributed by atoms with E-state index in [1.165, 1.54) is 13.2 Å². The summed E-state index contributed by atoms with van der Waals surface area (Å²) in [4.78, 5) is 10.8. The second-order valence-corrected chi connectivity index (χ2v) is 3.79. The van der Waals surface area contributed by atoms with Crippen molar-refractivity contribution in [3.63, 3.8) is 0 Å². The standard InChI is InChI=1S/C14H18O4/c1-3-4-9-18-12-7-5-11(6-8-12)10-13(17-2)14(15)16/h5-8,10H,3-4,9H2,1-2H3,(H,15,16). The summed E-state index contributed by atoms with van der Waals surface area (Å²) in [7, 11) is 1.34. The lowest BCUT2D eigenvalue weighted by atomic mass is 10.2. The molecule has 4 heteroatoms. The van der Waals surface area contributed by atoms with Crippen molar-refractivity contribution in [2.45, 2.75) is 19.8 Å². The van der Waals surface area contributed by atoms with Crippen molar-refractivity contribution in [2.24, 2.45) is 0 Å². The maximum Gasteiger partial charge on any atom is 0.371 e. The molecule has 0 aliphatic heterocycles. The summed E-state index contributed by atoms with van der Waals surface area (Å²) in [5.41, 5.74) is 0.761. The Morgan fingerprint density at radius 1 is 1.33 bits per heavy atom. The largest absolute Gasteiger partial charge is 0.494 e. The van der Waals surface area contributed by atoms with Crippen LogP contribution in [0.4, 0.5) is 0 Å². The maximum atomic E-state index is 10.8. The van der Waals surface area contributed by atoms with Crippen molar-refractivity contribution < 1.29 is 19.4 Å². The molecule has 98 valence electrons. The number of unbranched alkanes of at least 4 members (excludes halogenated alkanes) is 1. The van der Waals surface area contributed by atoms with Crippen molar-refractivity contribution in [1.29, 1.82) is 0 Å². The van der Waals surface area contributed by atoms with Gasteiger partial charge in [0.2, 0.25) is 5.76 Å². The average Bonchev–Trinajstić information content (AvgIpc) is 2.37. The summed E-state index contributed by atoms with van der Waals surface area (Å²) < 4.78 is 10.3. The first kappa shape index (κ1) is 14.1. The van der Waals surface area contributed by atoms with Gasteiger partial charge in [-0.05, 0) is 30.2 Å². The van der Waals surface area contributed by atoms with E-state index < -0.39 is 5.97 Å². The normalized spacial score (nSPS) is 11.1. The second-order valence-electron chi connectivity index (χ2n) is 3.79. The molecule has 1 aromatic rings. The van der Waals surface area contributed by atoms with Crippen LogP contribution in [0.3, 0.4) is 0 Å². The zero-order valence-electron chi connectivity index (χ0n) is 10.7. The van der Waals surface area contributed by atoms with E-state index in [4.69, 9.17) is 14.6 Å². The minimum atomic E-state index is -1.08. The topological polar surface area (TPSA) is 55.8 Å². The van der Waals surface area contributed by atoms with E-state index >= 15 is 0 Å². The Labute approximate surface area is 107 Å². The molecule has 0 atom stereocenters. The number of methoxy groups -OCH3 is 1. The zero-order valence-corrected chi connectivity index (χ0v) is 10.7. The average molecular weight is 250 g/mol. The van der Waals surface area contributed by atoms with Crippen molar-refractivity contribution in [2.75, 3.05) is 13.7 Å². The van der Waals surface area contributed by atoms with Gasteiger partial charge in [0.25, 0.3) is 0 Å². The number of benzene rings is 1. The van der Waals surface area contributed by atoms with Crippen molar-refractivity contribution >= 4 is 12.0 Å². The molecule has 0 radical (unpaired) electrons. The molecule has 0 unspecified atom stereocenters. The number of aliphatic carboxylic acids is 1. The van der Waals surface area contributed by atoms with Crippen LogP contribution < -0.4 is 4.74 Å². The molecule has 0 saturated carbocycles. The lowest BCUT2D eigenvalue weighted by Gasteiger charge is -2.05. The molecule has 4 nitrogen and oxygen atoms in total. The van der Waals surface area contributed by atoms with E-state index in [0.29, 0.717) is 6.61 Å². The quantitative estimate of drug-likeness (QED) is 0.459. The summed E-state index contributed by atoms with van der Waals surface area (Å²) >= 11 is 0. The monoisotopic (exact) mass is 250 g/mol. The lowest BCUT2D eigenvalue weighted by Crippen LogP contribution is -2.01. The van der Waals surface area contributed by atoms with Crippen molar-refractivity contribution in [3.8, 4) is 5.75 Å². The van der Waals surface area contributed by atoms with Crippen LogP contribution in [0, 0.1) is 0 Å². The van der Waals surface area contributed by atoms with E-state index in [2.05, 4.69) is 6.92 Å². The molecule has 0 aliphatic carbocycles. The summed E-state index contributed by atoms with van der Waals surface area (Å²) in [6, 6.07) is 7.22. The third-order valence-corrected chi connectivity index (χ3v) is 2.38. The molecule has 18 heavy (non-hydrogen) atoms. The van der Waals surface area contributed by atoms with Gasteiger partial charge in [0.05, 0.1) is 13.7 Å². The van der Waals surface area contributed by atoms with Crippen LogP contribution in [-0.2, 0) is 9.53 Å². The van der Waals surface area contributed by atoms with Gasteiger partial charge in [-0.15, -0.1) is 0 Å². The fourth-order valence-electron chi connectivity index (χ4n) is 1.35. The highest BCUT2D eigenvalue weighted by molar-refractivity contribution is 5.89. The molecule has 0 heterocycles. The summed E-state index contributed by atoms with van der Waals surface area (Å²) in [5.74, 6) is -0.384. The molecule has 0 aliphatic rings. The first-order valence-electron chi connectivity index (χ1n) is 5.89. The molecular formula is C14H18O4. The van der Waals surface area contributed by atoms with E-state index in [0.717, 1.165) is 24.2 Å². The number of hydrogen-bond acceptors (Lipinski definition) is 3. The number of carboxylic acids is 1. The number of carboxylic acid groups (broad SMARTS) is 1. The Balaban J connectivity index is 2.67. The Morgan fingerprint density at radius 2 is 2.00 bits per heavy atom. The number of ether oxygens (including phenoxy) is 2. The SMILES string of the molecule is CCCCOc1ccc(C=C(OC)C(=O)O)cc1. The molecule has 0 aromatic heterocycles. The van der Waals surface area contributed by atoms with E-state index in [-0.39, 0.29) is 5.76 Å². The van der Waals surface area contributed by atoms with Gasteiger partial charge >= 0.3 is 5.97 Å². The van der Waals surface area contributed by atoms with Gasteiger partial charge in [0.1, 0.15) is 5.75 Å². The zero-order chi connectivity index (χ0) is 13.4.